The van der Waals surface area contributed by atoms with Gasteiger partial charge < -0.3 is 4.98 Å². The van der Waals surface area contributed by atoms with Crippen LogP contribution in [0.1, 0.15) is 10.5 Å². The van der Waals surface area contributed by atoms with Gasteiger partial charge in [-0.3, -0.25) is 4.79 Å². The maximum atomic E-state index is 11.0. The van der Waals surface area contributed by atoms with E-state index in [9.17, 15) is 9.59 Å². The largest absolute Gasteiger partial charge is 0.346 e. The van der Waals surface area contributed by atoms with Gasteiger partial charge in [-0.15, -0.1) is 0 Å². The summed E-state index contributed by atoms with van der Waals surface area (Å²) < 4.78 is 0.819. The van der Waals surface area contributed by atoms with Gasteiger partial charge in [-0.25, -0.2) is 4.79 Å². The van der Waals surface area contributed by atoms with Gasteiger partial charge in [-0.1, -0.05) is 15.9 Å². The zero-order valence-electron chi connectivity index (χ0n) is 6.95. The third-order valence-corrected chi connectivity index (χ3v) is 2.32. The molecule has 0 saturated carbocycles. The van der Waals surface area contributed by atoms with Crippen molar-refractivity contribution in [3.63, 3.8) is 0 Å². The van der Waals surface area contributed by atoms with Crippen molar-refractivity contribution in [3.05, 3.63) is 38.9 Å². The molecule has 0 spiro atoms. The number of fused-ring (bicyclic) bond motifs is 1. The molecule has 0 radical (unpaired) electrons. The number of carbonyl (C=O) groups is 1. The lowest BCUT2D eigenvalue weighted by Gasteiger charge is -1.99. The van der Waals surface area contributed by atoms with Gasteiger partial charge in [0.2, 0.25) is 0 Å². The molecular weight excluding hydrogens is 248 g/mol. The molecule has 2 aromatic rings. The van der Waals surface area contributed by atoms with Crippen LogP contribution in [-0.2, 0) is 0 Å². The first-order valence-electron chi connectivity index (χ1n) is 3.85. The van der Waals surface area contributed by atoms with Crippen molar-refractivity contribution in [2.24, 2.45) is 0 Å². The molecule has 5 heteroatoms. The number of hydrogen-bond acceptors (Lipinski definition) is 3. The van der Waals surface area contributed by atoms with Crippen LogP contribution in [0.15, 0.2) is 27.5 Å². The zero-order chi connectivity index (χ0) is 10.1. The molecule has 70 valence electrons. The quantitative estimate of drug-likeness (QED) is 0.783. The molecule has 2 rings (SSSR count). The summed E-state index contributed by atoms with van der Waals surface area (Å²) in [4.78, 5) is 27.8. The van der Waals surface area contributed by atoms with Crippen LogP contribution in [0, 0.1) is 0 Å². The summed E-state index contributed by atoms with van der Waals surface area (Å²) in [6, 6.07) is 5.21. The Kier molecular flexibility index (Phi) is 2.17. The van der Waals surface area contributed by atoms with E-state index in [0.717, 1.165) is 4.47 Å². The Morgan fingerprint density at radius 2 is 2.21 bits per heavy atom. The SMILES string of the molecule is O=Cc1[nH]c(=O)nc2cc(Br)ccc12. The van der Waals surface area contributed by atoms with Crippen molar-refractivity contribution in [1.82, 2.24) is 9.97 Å². The Hall–Kier alpha value is -1.49. The summed E-state index contributed by atoms with van der Waals surface area (Å²) in [6.07, 6.45) is 0.610. The van der Waals surface area contributed by atoms with Gasteiger partial charge in [0.25, 0.3) is 0 Å². The molecule has 0 aliphatic rings. The second-order valence-electron chi connectivity index (χ2n) is 2.73. The standard InChI is InChI=1S/C9H5BrN2O2/c10-5-1-2-6-7(3-5)11-9(14)12-8(6)4-13/h1-4H,(H,11,12,14). The minimum atomic E-state index is -0.516. The van der Waals surface area contributed by atoms with E-state index in [2.05, 4.69) is 25.9 Å². The average Bonchev–Trinajstić information content (AvgIpc) is 2.15. The fourth-order valence-corrected chi connectivity index (χ4v) is 1.59. The highest BCUT2D eigenvalue weighted by Gasteiger charge is 2.03. The van der Waals surface area contributed by atoms with Crippen LogP contribution in [0.4, 0.5) is 0 Å². The van der Waals surface area contributed by atoms with E-state index in [1.807, 2.05) is 0 Å². The van der Waals surface area contributed by atoms with Crippen LogP contribution in [0.5, 0.6) is 0 Å². The van der Waals surface area contributed by atoms with Crippen molar-refractivity contribution >= 4 is 33.1 Å². The summed E-state index contributed by atoms with van der Waals surface area (Å²) in [5.74, 6) is 0. The number of H-pyrrole nitrogens is 1. The zero-order valence-corrected chi connectivity index (χ0v) is 8.54. The topological polar surface area (TPSA) is 62.8 Å². The Labute approximate surface area is 87.1 Å². The number of nitrogens with one attached hydrogen (secondary N) is 1. The Balaban J connectivity index is 2.94. The molecule has 0 aliphatic carbocycles. The lowest BCUT2D eigenvalue weighted by molar-refractivity contribution is 0.112. The third kappa shape index (κ3) is 1.46. The van der Waals surface area contributed by atoms with Crippen molar-refractivity contribution in [2.45, 2.75) is 0 Å². The molecule has 0 atom stereocenters. The third-order valence-electron chi connectivity index (χ3n) is 1.83. The molecule has 0 aliphatic heterocycles. The maximum absolute atomic E-state index is 11.0. The molecule has 0 fully saturated rings. The van der Waals surface area contributed by atoms with Gasteiger partial charge >= 0.3 is 5.69 Å². The lowest BCUT2D eigenvalue weighted by Crippen LogP contribution is -2.12. The summed E-state index contributed by atoms with van der Waals surface area (Å²) in [6.45, 7) is 0. The van der Waals surface area contributed by atoms with Crippen LogP contribution in [0.2, 0.25) is 0 Å². The Morgan fingerprint density at radius 1 is 1.43 bits per heavy atom. The number of aromatic amines is 1. The van der Waals surface area contributed by atoms with Crippen LogP contribution >= 0.6 is 15.9 Å². The molecule has 4 nitrogen and oxygen atoms in total. The van der Waals surface area contributed by atoms with Crippen molar-refractivity contribution in [3.8, 4) is 0 Å². The lowest BCUT2D eigenvalue weighted by atomic mass is 10.2. The van der Waals surface area contributed by atoms with E-state index in [4.69, 9.17) is 0 Å². The molecule has 0 saturated heterocycles. The monoisotopic (exact) mass is 252 g/mol. The molecule has 0 bridgehead atoms. The molecule has 1 heterocycles. The fraction of sp³-hybridized carbons (Fsp3) is 0. The van der Waals surface area contributed by atoms with Gasteiger partial charge in [-0.2, -0.15) is 4.98 Å². The number of aromatic nitrogens is 2. The molecule has 0 unspecified atom stereocenters. The summed E-state index contributed by atoms with van der Waals surface area (Å²) in [5, 5.41) is 0.641. The van der Waals surface area contributed by atoms with Crippen LogP contribution in [0.25, 0.3) is 10.9 Å². The highest BCUT2D eigenvalue weighted by atomic mass is 79.9. The molecule has 1 N–H and O–H groups in total. The fourth-order valence-electron chi connectivity index (χ4n) is 1.24. The predicted octanol–water partition coefficient (Wildman–Crippen LogP) is 1.50. The first-order valence-corrected chi connectivity index (χ1v) is 4.65. The number of hydrogen-bond donors (Lipinski definition) is 1. The van der Waals surface area contributed by atoms with Gasteiger partial charge in [-0.05, 0) is 18.2 Å². The Bertz CT molecular complexity index is 562. The summed E-state index contributed by atoms with van der Waals surface area (Å²) in [7, 11) is 0. The van der Waals surface area contributed by atoms with E-state index >= 15 is 0 Å². The van der Waals surface area contributed by atoms with Gasteiger partial charge in [0, 0.05) is 9.86 Å². The summed E-state index contributed by atoms with van der Waals surface area (Å²) in [5.41, 5.74) is 0.246. The first-order chi connectivity index (χ1) is 6.70. The number of aldehydes is 1. The maximum Gasteiger partial charge on any atom is 0.346 e. The van der Waals surface area contributed by atoms with E-state index in [-0.39, 0.29) is 5.69 Å². The highest BCUT2D eigenvalue weighted by molar-refractivity contribution is 9.10. The van der Waals surface area contributed by atoms with Crippen molar-refractivity contribution in [1.29, 1.82) is 0 Å². The molecule has 1 aromatic carbocycles. The van der Waals surface area contributed by atoms with Gasteiger partial charge in [0.1, 0.15) is 0 Å². The second kappa shape index (κ2) is 3.34. The highest BCUT2D eigenvalue weighted by Crippen LogP contribution is 2.17. The van der Waals surface area contributed by atoms with E-state index < -0.39 is 5.69 Å². The predicted molar refractivity (Wildman–Crippen MR) is 55.5 cm³/mol. The number of nitrogens with zero attached hydrogens (tertiary/aromatic N) is 1. The number of halogens is 1. The Morgan fingerprint density at radius 3 is 2.93 bits per heavy atom. The second-order valence-corrected chi connectivity index (χ2v) is 3.65. The number of rotatable bonds is 1. The van der Waals surface area contributed by atoms with Crippen LogP contribution in [0.3, 0.4) is 0 Å². The summed E-state index contributed by atoms with van der Waals surface area (Å²) >= 11 is 3.26. The van der Waals surface area contributed by atoms with Gasteiger partial charge in [0.05, 0.1) is 11.2 Å². The average molecular weight is 253 g/mol. The van der Waals surface area contributed by atoms with E-state index in [1.54, 1.807) is 18.2 Å². The first kappa shape index (κ1) is 9.08. The van der Waals surface area contributed by atoms with Gasteiger partial charge in [0.15, 0.2) is 6.29 Å². The van der Waals surface area contributed by atoms with E-state index in [0.29, 0.717) is 17.2 Å². The van der Waals surface area contributed by atoms with E-state index in [1.165, 1.54) is 0 Å². The van der Waals surface area contributed by atoms with Crippen LogP contribution in [-0.4, -0.2) is 16.3 Å². The molecule has 14 heavy (non-hydrogen) atoms. The van der Waals surface area contributed by atoms with Crippen LogP contribution < -0.4 is 5.69 Å². The normalized spacial score (nSPS) is 10.4. The minimum Gasteiger partial charge on any atom is -0.302 e. The smallest absolute Gasteiger partial charge is 0.302 e. The molecule has 1 aromatic heterocycles. The minimum absolute atomic E-state index is 0.257. The van der Waals surface area contributed by atoms with Crippen molar-refractivity contribution in [2.75, 3.05) is 0 Å². The number of benzene rings is 1. The molecule has 0 amide bonds. The van der Waals surface area contributed by atoms with Crippen molar-refractivity contribution < 1.29 is 4.79 Å². The number of carbonyl (C=O) groups excluding carboxylic acids is 1. The molecular formula is C9H5BrN2O2.